The number of rotatable bonds is 3. The Morgan fingerprint density at radius 2 is 1.10 bits per heavy atom. The molecule has 0 bridgehead atoms. The number of pyridine rings is 1. The summed E-state index contributed by atoms with van der Waals surface area (Å²) < 4.78 is 132. The van der Waals surface area contributed by atoms with Crippen molar-refractivity contribution in [1.29, 1.82) is 0 Å². The van der Waals surface area contributed by atoms with Crippen molar-refractivity contribution in [3.63, 3.8) is 0 Å². The third-order valence-electron chi connectivity index (χ3n) is 14.8. The lowest BCUT2D eigenvalue weighted by atomic mass is 9.36. The molecule has 0 fully saturated rings. The van der Waals surface area contributed by atoms with E-state index in [-0.39, 0.29) is 116 Å². The lowest BCUT2D eigenvalue weighted by Crippen LogP contribution is -2.61. The van der Waals surface area contributed by atoms with E-state index in [1.165, 1.54) is 16.9 Å². The zero-order valence-corrected chi connectivity index (χ0v) is 45.9. The minimum Gasteiger partial charge on any atom is -0.311 e. The monoisotopic (exact) mass is 957 g/mol. The highest BCUT2D eigenvalue weighted by Gasteiger charge is 2.48. The molecule has 10 rings (SSSR count). The van der Waals surface area contributed by atoms with E-state index in [2.05, 4.69) is 50.8 Å². The zero-order chi connectivity index (χ0) is 61.9. The minimum atomic E-state index is -0.990. The fourth-order valence-corrected chi connectivity index (χ4v) is 11.4. The molecule has 0 amide bonds. The molecule has 4 heterocycles. The van der Waals surface area contributed by atoms with Gasteiger partial charge in [-0.3, -0.25) is 4.90 Å². The van der Waals surface area contributed by atoms with Gasteiger partial charge in [0.25, 0.3) is 6.71 Å². The number of benzene rings is 5. The first-order valence-corrected chi connectivity index (χ1v) is 25.9. The molecule has 0 saturated carbocycles. The van der Waals surface area contributed by atoms with Crippen LogP contribution in [0.15, 0.2) is 103 Å². The minimum absolute atomic E-state index is 0.00417. The van der Waals surface area contributed by atoms with Crippen LogP contribution in [0.3, 0.4) is 0 Å². The van der Waals surface area contributed by atoms with Crippen molar-refractivity contribution < 1.29 is 17.8 Å². The quantitative estimate of drug-likeness (QED) is 0.165. The second-order valence-electron chi connectivity index (χ2n) is 26.6. The first-order valence-electron chi connectivity index (χ1n) is 31.6. The molecule has 2 aliphatic heterocycles. The lowest BCUT2D eigenvalue weighted by Gasteiger charge is -2.45. The highest BCUT2D eigenvalue weighted by Crippen LogP contribution is 2.53. The Labute approximate surface area is 444 Å². The van der Waals surface area contributed by atoms with Crippen LogP contribution in [0.25, 0.3) is 21.2 Å². The van der Waals surface area contributed by atoms with Gasteiger partial charge in [0.1, 0.15) is 5.82 Å². The molecule has 362 valence electrons. The summed E-state index contributed by atoms with van der Waals surface area (Å²) in [5.41, 5.74) is 1.11. The molecule has 1 aliphatic carbocycles. The van der Waals surface area contributed by atoms with Gasteiger partial charge in [0.2, 0.25) is 0 Å². The molecule has 0 saturated heterocycles. The molecular formula is C65H78BN3S. The lowest BCUT2D eigenvalue weighted by molar-refractivity contribution is 0.332. The van der Waals surface area contributed by atoms with Crippen molar-refractivity contribution in [1.82, 2.24) is 4.98 Å². The van der Waals surface area contributed by atoms with Crippen molar-refractivity contribution in [2.24, 2.45) is 0 Å². The summed E-state index contributed by atoms with van der Waals surface area (Å²) >= 11 is 1.27. The number of fused-ring (bicyclic) bond motifs is 7. The van der Waals surface area contributed by atoms with E-state index in [4.69, 9.17) is 4.98 Å². The predicted molar refractivity (Wildman–Crippen MR) is 308 cm³/mol. The Hall–Kier alpha value is -5.13. The predicted octanol–water partition coefficient (Wildman–Crippen LogP) is 16.9. The Balaban J connectivity index is 1.51. The van der Waals surface area contributed by atoms with Crippen molar-refractivity contribution in [3.8, 4) is 11.1 Å². The number of hydrogen-bond donors (Lipinski definition) is 0. The van der Waals surface area contributed by atoms with E-state index < -0.39 is 51.9 Å². The number of anilines is 6. The standard InChI is InChI=1S/C65H78BN3S/c1-59(2,3)40-22-20-39(21-23-40)45-34-41(60(4,5)6)24-29-50(45)69-51-30-25-43(62(10,11)12)36-49(51)66-55-52(69)38-54(63(13,14)15)67-58(55)68(44-27-28-47-48(37-44)65(18,19)33-32-64(47,16)17)56-46-35-42(61(7,8)9)26-31-53(46)70-57(56)66/h20-31,34-38H,32-33H2,1-19H3/i20D,21D,22D,23D,24D,25D,26D,29D,30D,31D,34D,35D,36D. The fraction of sp³-hybridized carbons (Fsp3) is 0.431. The summed E-state index contributed by atoms with van der Waals surface area (Å²) in [6.07, 6.45) is 1.90. The molecule has 0 spiro atoms. The average molecular weight is 957 g/mol. The van der Waals surface area contributed by atoms with Gasteiger partial charge in [-0.2, -0.15) is 0 Å². The van der Waals surface area contributed by atoms with E-state index in [0.717, 1.165) is 24.1 Å². The third-order valence-corrected chi connectivity index (χ3v) is 16.0. The molecule has 3 nitrogen and oxygen atoms in total. The van der Waals surface area contributed by atoms with Crippen LogP contribution < -0.4 is 25.5 Å². The SMILES string of the molecule is [2H]c1c([2H])c(C(C)(C)C)c([2H])c([2H])c1-c1c([2H])c(C(C)(C)C)c([2H])c([2H])c1N1c2cc(C(C)(C)C)nc3c2B(c2sc4c([2H])c([2H])c(C(C)(C)C)c([2H])c4c2N3c2ccc3c(c2)C(C)(C)CCC3(C)C)c2c([2H])c(C(C)(C)C)c([2H])c([2H])c21. The Morgan fingerprint density at radius 3 is 1.70 bits per heavy atom. The van der Waals surface area contributed by atoms with Gasteiger partial charge in [-0.05, 0) is 144 Å². The second-order valence-corrected chi connectivity index (χ2v) is 27.7. The van der Waals surface area contributed by atoms with E-state index in [1.54, 1.807) is 4.90 Å². The highest BCUT2D eigenvalue weighted by molar-refractivity contribution is 7.33. The number of hydrogen-bond acceptors (Lipinski definition) is 4. The third kappa shape index (κ3) is 7.96. The normalized spacial score (nSPS) is 19.1. The van der Waals surface area contributed by atoms with Crippen LogP contribution >= 0.6 is 11.3 Å². The highest BCUT2D eigenvalue weighted by atomic mass is 32.1. The van der Waals surface area contributed by atoms with Crippen LogP contribution in [-0.4, -0.2) is 11.7 Å². The summed E-state index contributed by atoms with van der Waals surface area (Å²) in [7, 11) is 0. The van der Waals surface area contributed by atoms with Gasteiger partial charge < -0.3 is 4.90 Å². The maximum absolute atomic E-state index is 10.7. The van der Waals surface area contributed by atoms with Crippen LogP contribution in [0.2, 0.25) is 0 Å². The second kappa shape index (κ2) is 15.7. The Bertz CT molecular complexity index is 3980. The van der Waals surface area contributed by atoms with E-state index in [0.29, 0.717) is 48.8 Å². The maximum Gasteiger partial charge on any atom is 0.266 e. The van der Waals surface area contributed by atoms with E-state index >= 15 is 0 Å². The first-order chi connectivity index (χ1) is 37.8. The van der Waals surface area contributed by atoms with Crippen LogP contribution in [-0.2, 0) is 37.9 Å². The van der Waals surface area contributed by atoms with Crippen molar-refractivity contribution >= 4 is 78.1 Å². The van der Waals surface area contributed by atoms with E-state index in [1.807, 2.05) is 110 Å². The van der Waals surface area contributed by atoms with Crippen molar-refractivity contribution in [3.05, 3.63) is 142 Å². The summed E-state index contributed by atoms with van der Waals surface area (Å²) in [6.45, 7) is 36.6. The maximum atomic E-state index is 10.7. The summed E-state index contributed by atoms with van der Waals surface area (Å²) in [6, 6.07) is 5.18. The molecule has 0 radical (unpaired) electrons. The van der Waals surface area contributed by atoms with E-state index in [9.17, 15) is 17.8 Å². The Morgan fingerprint density at radius 1 is 0.557 bits per heavy atom. The van der Waals surface area contributed by atoms with Gasteiger partial charge in [0.15, 0.2) is 0 Å². The van der Waals surface area contributed by atoms with Crippen molar-refractivity contribution in [2.45, 2.75) is 182 Å². The van der Waals surface area contributed by atoms with Gasteiger partial charge >= 0.3 is 0 Å². The zero-order valence-electron chi connectivity index (χ0n) is 58.1. The number of thiophene rings is 1. The van der Waals surface area contributed by atoms with Crippen LogP contribution in [0.4, 0.5) is 34.3 Å². The smallest absolute Gasteiger partial charge is 0.266 e. The average Bonchev–Trinajstić information content (AvgIpc) is 2.68. The molecule has 2 aromatic heterocycles. The first kappa shape index (κ1) is 35.1. The molecule has 70 heavy (non-hydrogen) atoms. The van der Waals surface area contributed by atoms with Gasteiger partial charge in [0, 0.05) is 42.9 Å². The van der Waals surface area contributed by atoms with Crippen LogP contribution in [0.1, 0.15) is 201 Å². The molecule has 0 N–H and O–H groups in total. The van der Waals surface area contributed by atoms with Crippen LogP contribution in [0, 0.1) is 0 Å². The molecule has 7 aromatic rings. The fourth-order valence-electron chi connectivity index (χ4n) is 10.2. The van der Waals surface area contributed by atoms with Crippen molar-refractivity contribution in [2.75, 3.05) is 9.80 Å². The van der Waals surface area contributed by atoms with Gasteiger partial charge in [0.05, 0.1) is 34.9 Å². The molecule has 0 unspecified atom stereocenters. The molecule has 0 atom stereocenters. The molecule has 5 aromatic carbocycles. The van der Waals surface area contributed by atoms with Gasteiger partial charge in [-0.25, -0.2) is 4.98 Å². The Kier molecular flexibility index (Phi) is 7.86. The molecule has 5 heteroatoms. The summed E-state index contributed by atoms with van der Waals surface area (Å²) in [5, 5.41) is 0.450. The van der Waals surface area contributed by atoms with Gasteiger partial charge in [-0.15, -0.1) is 11.3 Å². The molecular weight excluding hydrogens is 866 g/mol. The van der Waals surface area contributed by atoms with Crippen LogP contribution in [0.5, 0.6) is 0 Å². The number of nitrogens with zero attached hydrogens (tertiary/aromatic N) is 3. The largest absolute Gasteiger partial charge is 0.311 e. The topological polar surface area (TPSA) is 19.4 Å². The summed E-state index contributed by atoms with van der Waals surface area (Å²) in [5.74, 6) is 0.403. The summed E-state index contributed by atoms with van der Waals surface area (Å²) in [4.78, 5) is 9.42. The molecule has 3 aliphatic rings. The van der Waals surface area contributed by atoms with Gasteiger partial charge in [-0.1, -0.05) is 186 Å². The number of aromatic nitrogens is 1.